The molecule has 0 aliphatic carbocycles. The van der Waals surface area contributed by atoms with E-state index in [4.69, 9.17) is 23.2 Å². The number of benzene rings is 4. The molecule has 2 N–H and O–H groups in total. The maximum absolute atomic E-state index is 12.3. The van der Waals surface area contributed by atoms with Gasteiger partial charge in [-0.1, -0.05) is 83.9 Å². The quantitative estimate of drug-likeness (QED) is 0.195. The van der Waals surface area contributed by atoms with Gasteiger partial charge in [0.1, 0.15) is 5.75 Å². The molecule has 4 aromatic carbocycles. The Hall–Kier alpha value is -3.60. The Balaban J connectivity index is 1.56. The molecule has 0 saturated carbocycles. The molecule has 0 unspecified atom stereocenters. The van der Waals surface area contributed by atoms with Crippen molar-refractivity contribution < 1.29 is 9.90 Å². The van der Waals surface area contributed by atoms with E-state index in [2.05, 4.69) is 16.6 Å². The molecule has 158 valence electrons. The molecule has 0 bridgehead atoms. The highest BCUT2D eigenvalue weighted by atomic mass is 35.5. The molecule has 4 rings (SSSR count). The number of amides is 1. The van der Waals surface area contributed by atoms with E-state index >= 15 is 0 Å². The predicted octanol–water partition coefficient (Wildman–Crippen LogP) is 6.79. The number of hydrazone groups is 1. The van der Waals surface area contributed by atoms with Crippen molar-refractivity contribution in [1.82, 2.24) is 5.43 Å². The van der Waals surface area contributed by atoms with Crippen LogP contribution >= 0.6 is 23.2 Å². The van der Waals surface area contributed by atoms with Crippen molar-refractivity contribution in [3.63, 3.8) is 0 Å². The molecule has 4 nitrogen and oxygen atoms in total. The standard InChI is InChI=1S/C26H18Cl2N2O2/c27-21-12-6-17(7-13-21)5-8-18-9-10-20(23-4-2-1-3-22(18)23)16-29-30-26(32)19-11-14-25(31)24(28)15-19/h1-16,31H,(H,30,32). The van der Waals surface area contributed by atoms with E-state index in [0.717, 1.165) is 27.5 Å². The first-order chi connectivity index (χ1) is 15.5. The molecule has 1 amide bonds. The maximum atomic E-state index is 12.3. The molecule has 6 heteroatoms. The summed E-state index contributed by atoms with van der Waals surface area (Å²) < 4.78 is 0. The van der Waals surface area contributed by atoms with Gasteiger partial charge in [0, 0.05) is 16.1 Å². The summed E-state index contributed by atoms with van der Waals surface area (Å²) in [5, 5.41) is 16.5. The average Bonchev–Trinajstić information content (AvgIpc) is 2.81. The topological polar surface area (TPSA) is 61.7 Å². The Kier molecular flexibility index (Phi) is 6.55. The van der Waals surface area contributed by atoms with Gasteiger partial charge in [0.05, 0.1) is 11.2 Å². The molecule has 4 aromatic rings. The summed E-state index contributed by atoms with van der Waals surface area (Å²) in [5.41, 5.74) is 5.78. The Morgan fingerprint density at radius 2 is 1.53 bits per heavy atom. The summed E-state index contributed by atoms with van der Waals surface area (Å²) in [7, 11) is 0. The van der Waals surface area contributed by atoms with E-state index in [1.807, 2.05) is 66.7 Å². The molecular formula is C26H18Cl2N2O2. The summed E-state index contributed by atoms with van der Waals surface area (Å²) >= 11 is 11.8. The summed E-state index contributed by atoms with van der Waals surface area (Å²) in [6.45, 7) is 0. The van der Waals surface area contributed by atoms with Gasteiger partial charge in [-0.25, -0.2) is 5.43 Å². The normalized spacial score (nSPS) is 11.4. The largest absolute Gasteiger partial charge is 0.506 e. The van der Waals surface area contributed by atoms with Crippen molar-refractivity contribution in [2.75, 3.05) is 0 Å². The predicted molar refractivity (Wildman–Crippen MR) is 133 cm³/mol. The smallest absolute Gasteiger partial charge is 0.271 e. The minimum Gasteiger partial charge on any atom is -0.506 e. The Labute approximate surface area is 195 Å². The van der Waals surface area contributed by atoms with Gasteiger partial charge in [-0.05, 0) is 52.2 Å². The second-order valence-electron chi connectivity index (χ2n) is 7.04. The van der Waals surface area contributed by atoms with Crippen LogP contribution in [0.5, 0.6) is 5.75 Å². The minimum absolute atomic E-state index is 0.0802. The van der Waals surface area contributed by atoms with Gasteiger partial charge >= 0.3 is 0 Å². The first kappa shape index (κ1) is 21.6. The fourth-order valence-corrected chi connectivity index (χ4v) is 3.54. The Morgan fingerprint density at radius 1 is 0.844 bits per heavy atom. The van der Waals surface area contributed by atoms with Crippen molar-refractivity contribution >= 4 is 58.2 Å². The van der Waals surface area contributed by atoms with Gasteiger partial charge in [0.25, 0.3) is 5.91 Å². The minimum atomic E-state index is -0.421. The summed E-state index contributed by atoms with van der Waals surface area (Å²) in [6.07, 6.45) is 5.70. The van der Waals surface area contributed by atoms with E-state index in [1.165, 1.54) is 18.2 Å². The van der Waals surface area contributed by atoms with Crippen LogP contribution in [0.25, 0.3) is 22.9 Å². The lowest BCUT2D eigenvalue weighted by Gasteiger charge is -2.06. The van der Waals surface area contributed by atoms with E-state index in [1.54, 1.807) is 6.21 Å². The molecule has 0 fully saturated rings. The van der Waals surface area contributed by atoms with Crippen LogP contribution in [0, 0.1) is 0 Å². The lowest BCUT2D eigenvalue weighted by Crippen LogP contribution is -2.17. The summed E-state index contributed by atoms with van der Waals surface area (Å²) in [6, 6.07) is 23.9. The third-order valence-corrected chi connectivity index (χ3v) is 5.45. The molecule has 0 aliphatic rings. The average molecular weight is 461 g/mol. The zero-order valence-corrected chi connectivity index (χ0v) is 18.3. The van der Waals surface area contributed by atoms with Gasteiger partial charge in [-0.15, -0.1) is 0 Å². The SMILES string of the molecule is O=C(NN=Cc1ccc(C=Cc2ccc(Cl)cc2)c2ccccc12)c1ccc(O)c(Cl)c1. The number of rotatable bonds is 5. The van der Waals surface area contributed by atoms with Crippen LogP contribution in [0.15, 0.2) is 84.0 Å². The number of hydrogen-bond acceptors (Lipinski definition) is 3. The number of phenolic OH excluding ortho intramolecular Hbond substituents is 1. The van der Waals surface area contributed by atoms with Crippen LogP contribution < -0.4 is 5.43 Å². The molecule has 0 radical (unpaired) electrons. The number of aromatic hydroxyl groups is 1. The van der Waals surface area contributed by atoms with Crippen LogP contribution in [-0.4, -0.2) is 17.2 Å². The van der Waals surface area contributed by atoms with Gasteiger partial charge in [-0.2, -0.15) is 5.10 Å². The second-order valence-corrected chi connectivity index (χ2v) is 7.88. The van der Waals surface area contributed by atoms with Crippen LogP contribution in [0.2, 0.25) is 10.0 Å². The van der Waals surface area contributed by atoms with E-state index in [9.17, 15) is 9.90 Å². The third-order valence-electron chi connectivity index (χ3n) is 4.90. The van der Waals surface area contributed by atoms with E-state index < -0.39 is 5.91 Å². The Bertz CT molecular complexity index is 1350. The van der Waals surface area contributed by atoms with Gasteiger partial charge in [0.2, 0.25) is 0 Å². The first-order valence-electron chi connectivity index (χ1n) is 9.78. The van der Waals surface area contributed by atoms with Gasteiger partial charge < -0.3 is 5.11 Å². The molecule has 32 heavy (non-hydrogen) atoms. The third kappa shape index (κ3) is 4.99. The number of fused-ring (bicyclic) bond motifs is 1. The monoisotopic (exact) mass is 460 g/mol. The molecule has 0 saturated heterocycles. The number of carbonyl (C=O) groups is 1. The summed E-state index contributed by atoms with van der Waals surface area (Å²) in [4.78, 5) is 12.3. The fraction of sp³-hybridized carbons (Fsp3) is 0. The number of phenols is 1. The summed E-state index contributed by atoms with van der Waals surface area (Å²) in [5.74, 6) is -0.502. The van der Waals surface area contributed by atoms with E-state index in [0.29, 0.717) is 10.6 Å². The van der Waals surface area contributed by atoms with Crippen molar-refractivity contribution in [2.45, 2.75) is 0 Å². The fourth-order valence-electron chi connectivity index (χ4n) is 3.24. The molecule has 0 heterocycles. The highest BCUT2D eigenvalue weighted by Gasteiger charge is 2.08. The van der Waals surface area contributed by atoms with Crippen molar-refractivity contribution in [3.05, 3.63) is 111 Å². The number of carbonyl (C=O) groups excluding carboxylic acids is 1. The number of nitrogens with one attached hydrogen (secondary N) is 1. The zero-order chi connectivity index (χ0) is 22.5. The van der Waals surface area contributed by atoms with Crippen molar-refractivity contribution in [1.29, 1.82) is 0 Å². The molecule has 0 aromatic heterocycles. The van der Waals surface area contributed by atoms with Crippen LogP contribution in [0.3, 0.4) is 0 Å². The lowest BCUT2D eigenvalue weighted by molar-refractivity contribution is 0.0955. The van der Waals surface area contributed by atoms with E-state index in [-0.39, 0.29) is 10.8 Å². The van der Waals surface area contributed by atoms with Crippen LogP contribution in [0.1, 0.15) is 27.0 Å². The maximum Gasteiger partial charge on any atom is 0.271 e. The van der Waals surface area contributed by atoms with Gasteiger partial charge in [-0.3, -0.25) is 4.79 Å². The number of nitrogens with zero attached hydrogens (tertiary/aromatic N) is 1. The highest BCUT2D eigenvalue weighted by Crippen LogP contribution is 2.25. The molecule has 0 spiro atoms. The van der Waals surface area contributed by atoms with Gasteiger partial charge in [0.15, 0.2) is 0 Å². The molecule has 0 atom stereocenters. The van der Waals surface area contributed by atoms with Crippen molar-refractivity contribution in [3.8, 4) is 5.75 Å². The Morgan fingerprint density at radius 3 is 2.25 bits per heavy atom. The van der Waals surface area contributed by atoms with Crippen molar-refractivity contribution in [2.24, 2.45) is 5.10 Å². The second kappa shape index (κ2) is 9.69. The highest BCUT2D eigenvalue weighted by molar-refractivity contribution is 6.32. The zero-order valence-electron chi connectivity index (χ0n) is 16.8. The molecular weight excluding hydrogens is 443 g/mol. The molecule has 0 aliphatic heterocycles. The number of hydrogen-bond donors (Lipinski definition) is 2. The first-order valence-corrected chi connectivity index (χ1v) is 10.5. The number of halogens is 2. The van der Waals surface area contributed by atoms with Crippen LogP contribution in [0.4, 0.5) is 0 Å². The van der Waals surface area contributed by atoms with Crippen LogP contribution in [-0.2, 0) is 0 Å². The lowest BCUT2D eigenvalue weighted by atomic mass is 9.99.